The van der Waals surface area contributed by atoms with E-state index in [9.17, 15) is 8.42 Å². The van der Waals surface area contributed by atoms with Crippen LogP contribution in [0.1, 0.15) is 13.3 Å². The second-order valence-corrected chi connectivity index (χ2v) is 7.84. The maximum atomic E-state index is 11.2. The topological polar surface area (TPSA) is 76.4 Å². The summed E-state index contributed by atoms with van der Waals surface area (Å²) in [5, 5.41) is 3.98. The summed E-state index contributed by atoms with van der Waals surface area (Å²) < 4.78 is 24.2. The third-order valence-corrected chi connectivity index (χ3v) is 4.75. The summed E-state index contributed by atoms with van der Waals surface area (Å²) in [4.78, 5) is 8.76. The number of nitrogens with one attached hydrogen (secondary N) is 1. The highest BCUT2D eigenvalue weighted by atomic mass is 32.2. The van der Waals surface area contributed by atoms with E-state index < -0.39 is 9.84 Å². The van der Waals surface area contributed by atoms with E-state index >= 15 is 0 Å². The molecule has 0 radical (unpaired) electrons. The van der Waals surface area contributed by atoms with Gasteiger partial charge in [0.15, 0.2) is 5.65 Å². The standard InChI is InChI=1S/C12H18N4O2S2/c1-3-4-13-10-9-16-6-5-14-11(16)12(15-10)19-7-8-20(2,17)18/h5-6,9,13H,3-4,7-8H2,1-2H3. The summed E-state index contributed by atoms with van der Waals surface area (Å²) in [5.41, 5.74) is 0.755. The van der Waals surface area contributed by atoms with Gasteiger partial charge in [-0.3, -0.25) is 0 Å². The molecule has 6 nitrogen and oxygen atoms in total. The van der Waals surface area contributed by atoms with Gasteiger partial charge >= 0.3 is 0 Å². The predicted molar refractivity (Wildman–Crippen MR) is 82.2 cm³/mol. The van der Waals surface area contributed by atoms with Crippen LogP contribution in [0.2, 0.25) is 0 Å². The first-order valence-corrected chi connectivity index (χ1v) is 9.42. The average Bonchev–Trinajstić information content (AvgIpc) is 2.83. The number of aromatic nitrogens is 3. The van der Waals surface area contributed by atoms with Gasteiger partial charge in [0.05, 0.1) is 11.9 Å². The van der Waals surface area contributed by atoms with Gasteiger partial charge in [-0.15, -0.1) is 11.8 Å². The molecule has 1 N–H and O–H groups in total. The average molecular weight is 314 g/mol. The van der Waals surface area contributed by atoms with E-state index in [-0.39, 0.29) is 5.75 Å². The van der Waals surface area contributed by atoms with Crippen LogP contribution >= 0.6 is 11.8 Å². The number of nitrogens with zero attached hydrogens (tertiary/aromatic N) is 3. The van der Waals surface area contributed by atoms with Gasteiger partial charge in [0.2, 0.25) is 0 Å². The lowest BCUT2D eigenvalue weighted by atomic mass is 10.5. The first-order valence-electron chi connectivity index (χ1n) is 6.37. The Balaban J connectivity index is 2.19. The zero-order chi connectivity index (χ0) is 14.6. The van der Waals surface area contributed by atoms with Gasteiger partial charge in [0.25, 0.3) is 0 Å². The molecule has 0 atom stereocenters. The number of anilines is 1. The largest absolute Gasteiger partial charge is 0.369 e. The third-order valence-electron chi connectivity index (χ3n) is 2.59. The summed E-state index contributed by atoms with van der Waals surface area (Å²) in [6, 6.07) is 0. The van der Waals surface area contributed by atoms with Gasteiger partial charge in [-0.25, -0.2) is 18.4 Å². The molecule has 0 bridgehead atoms. The maximum Gasteiger partial charge on any atom is 0.169 e. The molecular formula is C12H18N4O2S2. The molecule has 2 aromatic rings. The first kappa shape index (κ1) is 15.1. The van der Waals surface area contributed by atoms with Crippen LogP contribution in [0.15, 0.2) is 23.6 Å². The Bertz CT molecular complexity index is 682. The fourth-order valence-electron chi connectivity index (χ4n) is 1.63. The van der Waals surface area contributed by atoms with Crippen molar-refractivity contribution in [3.8, 4) is 0 Å². The minimum Gasteiger partial charge on any atom is -0.369 e. The summed E-state index contributed by atoms with van der Waals surface area (Å²) >= 11 is 1.42. The van der Waals surface area contributed by atoms with Gasteiger partial charge in [0, 0.05) is 30.9 Å². The molecule has 20 heavy (non-hydrogen) atoms. The highest BCUT2D eigenvalue weighted by Gasteiger charge is 2.10. The van der Waals surface area contributed by atoms with Crippen molar-refractivity contribution >= 4 is 33.1 Å². The van der Waals surface area contributed by atoms with Crippen molar-refractivity contribution in [3.63, 3.8) is 0 Å². The monoisotopic (exact) mass is 314 g/mol. The van der Waals surface area contributed by atoms with E-state index in [4.69, 9.17) is 0 Å². The summed E-state index contributed by atoms with van der Waals surface area (Å²) in [5.74, 6) is 1.39. The van der Waals surface area contributed by atoms with Crippen LogP contribution < -0.4 is 5.32 Å². The molecule has 2 heterocycles. The molecule has 0 spiro atoms. The lowest BCUT2D eigenvalue weighted by molar-refractivity contribution is 0.603. The third kappa shape index (κ3) is 4.11. The molecule has 0 amide bonds. The van der Waals surface area contributed by atoms with Gasteiger partial charge < -0.3 is 9.72 Å². The molecule has 0 fully saturated rings. The number of sulfone groups is 1. The Labute approximate surface area is 122 Å². The lowest BCUT2D eigenvalue weighted by Gasteiger charge is -2.08. The Morgan fingerprint density at radius 2 is 2.25 bits per heavy atom. The molecule has 0 aliphatic rings. The van der Waals surface area contributed by atoms with E-state index in [1.54, 1.807) is 6.20 Å². The minimum atomic E-state index is -2.95. The van der Waals surface area contributed by atoms with Crippen LogP contribution in [-0.2, 0) is 9.84 Å². The van der Waals surface area contributed by atoms with Crippen LogP contribution in [0, 0.1) is 0 Å². The highest BCUT2D eigenvalue weighted by Crippen LogP contribution is 2.22. The zero-order valence-corrected chi connectivity index (χ0v) is 13.2. The Morgan fingerprint density at radius 3 is 2.95 bits per heavy atom. The number of hydrogen-bond donors (Lipinski definition) is 1. The zero-order valence-electron chi connectivity index (χ0n) is 11.5. The van der Waals surface area contributed by atoms with E-state index in [1.807, 2.05) is 16.8 Å². The second kappa shape index (κ2) is 6.45. The van der Waals surface area contributed by atoms with Crippen LogP contribution in [0.5, 0.6) is 0 Å². The van der Waals surface area contributed by atoms with Gasteiger partial charge in [0.1, 0.15) is 20.7 Å². The van der Waals surface area contributed by atoms with Crippen LogP contribution in [0.4, 0.5) is 5.82 Å². The number of hydrogen-bond acceptors (Lipinski definition) is 6. The van der Waals surface area contributed by atoms with Crippen molar-refractivity contribution in [2.24, 2.45) is 0 Å². The predicted octanol–water partition coefficient (Wildman–Crippen LogP) is 1.69. The van der Waals surface area contributed by atoms with Crippen molar-refractivity contribution < 1.29 is 8.42 Å². The summed E-state index contributed by atoms with van der Waals surface area (Å²) in [6.45, 7) is 2.94. The van der Waals surface area contributed by atoms with Gasteiger partial charge in [-0.05, 0) is 6.42 Å². The van der Waals surface area contributed by atoms with E-state index in [0.717, 1.165) is 29.5 Å². The van der Waals surface area contributed by atoms with Crippen molar-refractivity contribution in [1.82, 2.24) is 14.4 Å². The van der Waals surface area contributed by atoms with E-state index in [0.29, 0.717) is 5.75 Å². The van der Waals surface area contributed by atoms with Gasteiger partial charge in [-0.2, -0.15) is 0 Å². The Hall–Kier alpha value is -1.28. The van der Waals surface area contributed by atoms with Crippen molar-refractivity contribution in [2.45, 2.75) is 18.4 Å². The minimum absolute atomic E-state index is 0.138. The Morgan fingerprint density at radius 1 is 1.45 bits per heavy atom. The van der Waals surface area contributed by atoms with Gasteiger partial charge in [-0.1, -0.05) is 6.92 Å². The SMILES string of the molecule is CCCNc1cn2ccnc2c(SCCS(C)(=O)=O)n1. The highest BCUT2D eigenvalue weighted by molar-refractivity contribution is 8.00. The molecule has 0 saturated heterocycles. The first-order chi connectivity index (χ1) is 9.49. The summed E-state index contributed by atoms with van der Waals surface area (Å²) in [6.07, 6.45) is 7.71. The fourth-order valence-corrected chi connectivity index (χ4v) is 3.82. The number of rotatable bonds is 7. The van der Waals surface area contributed by atoms with Crippen molar-refractivity contribution in [1.29, 1.82) is 0 Å². The fraction of sp³-hybridized carbons (Fsp3) is 0.500. The van der Waals surface area contributed by atoms with E-state index in [1.165, 1.54) is 18.0 Å². The molecule has 2 rings (SSSR count). The lowest BCUT2D eigenvalue weighted by Crippen LogP contribution is -2.07. The van der Waals surface area contributed by atoms with Crippen LogP contribution in [0.3, 0.4) is 0 Å². The molecule has 0 unspecified atom stereocenters. The van der Waals surface area contributed by atoms with Crippen molar-refractivity contribution in [2.75, 3.05) is 29.6 Å². The van der Waals surface area contributed by atoms with Crippen LogP contribution in [-0.4, -0.2) is 47.1 Å². The molecule has 0 aromatic carbocycles. The molecule has 8 heteroatoms. The normalized spacial score (nSPS) is 11.9. The molecule has 0 aliphatic heterocycles. The maximum absolute atomic E-state index is 11.2. The van der Waals surface area contributed by atoms with Crippen LogP contribution in [0.25, 0.3) is 5.65 Å². The molecular weight excluding hydrogens is 296 g/mol. The smallest absolute Gasteiger partial charge is 0.169 e. The quantitative estimate of drug-likeness (QED) is 0.784. The number of imidazole rings is 1. The molecule has 0 aliphatic carbocycles. The number of fused-ring (bicyclic) bond motifs is 1. The second-order valence-electron chi connectivity index (χ2n) is 4.49. The van der Waals surface area contributed by atoms with E-state index in [2.05, 4.69) is 22.2 Å². The van der Waals surface area contributed by atoms with Crippen molar-refractivity contribution in [3.05, 3.63) is 18.6 Å². The molecule has 110 valence electrons. The Kier molecular flexibility index (Phi) is 4.87. The molecule has 0 saturated carbocycles. The summed E-state index contributed by atoms with van der Waals surface area (Å²) in [7, 11) is -2.95. The molecule has 2 aromatic heterocycles. The number of thioether (sulfide) groups is 1.